The highest BCUT2D eigenvalue weighted by Gasteiger charge is 2.15. The molecular weight excluding hydrogens is 270 g/mol. The molecule has 0 atom stereocenters. The summed E-state index contributed by atoms with van der Waals surface area (Å²) in [6, 6.07) is 0. The molecule has 1 rings (SSSR count). The summed E-state index contributed by atoms with van der Waals surface area (Å²) in [6.07, 6.45) is 4.02. The summed E-state index contributed by atoms with van der Waals surface area (Å²) in [4.78, 5) is 28.7. The highest BCUT2D eigenvalue weighted by atomic mass is 32.1. The van der Waals surface area contributed by atoms with Gasteiger partial charge in [0.15, 0.2) is 5.78 Å². The number of carbonyl (C=O) groups is 2. The van der Waals surface area contributed by atoms with Crippen LogP contribution in [-0.4, -0.2) is 17.1 Å². The Morgan fingerprint density at radius 1 is 1.30 bits per heavy atom. The fourth-order valence-corrected chi connectivity index (χ4v) is 2.62. The van der Waals surface area contributed by atoms with Crippen LogP contribution in [-0.2, 0) is 16.0 Å². The van der Waals surface area contributed by atoms with Gasteiger partial charge < -0.3 is 0 Å². The van der Waals surface area contributed by atoms with Gasteiger partial charge in [-0.15, -0.1) is 11.3 Å². The third-order valence-corrected chi connectivity index (χ3v) is 4.22. The number of hydrogen-bond acceptors (Lipinski definition) is 4. The van der Waals surface area contributed by atoms with E-state index < -0.39 is 0 Å². The lowest BCUT2D eigenvalue weighted by molar-refractivity contribution is -0.113. The lowest BCUT2D eigenvalue weighted by Gasteiger charge is -2.09. The van der Waals surface area contributed by atoms with E-state index in [0.717, 1.165) is 28.9 Å². The highest BCUT2D eigenvalue weighted by Crippen LogP contribution is 2.21. The summed E-state index contributed by atoms with van der Waals surface area (Å²) < 4.78 is 0. The topological polar surface area (TPSA) is 47.0 Å². The standard InChI is InChI=1S/C16H21NO2S/c1-10(2)14(16(19)13(5)11(3)9-18)6-7-15-17-8-12(4)20-15/h8-9H,6-7H2,1-5H3/b13-11-. The van der Waals surface area contributed by atoms with Crippen LogP contribution in [0.4, 0.5) is 0 Å². The Bertz CT molecular complexity index is 575. The molecule has 0 fully saturated rings. The highest BCUT2D eigenvalue weighted by molar-refractivity contribution is 7.11. The van der Waals surface area contributed by atoms with Crippen molar-refractivity contribution in [3.8, 4) is 0 Å². The van der Waals surface area contributed by atoms with Crippen LogP contribution in [0.1, 0.15) is 44.0 Å². The first-order valence-electron chi connectivity index (χ1n) is 6.61. The molecule has 1 heterocycles. The second kappa shape index (κ2) is 7.29. The van der Waals surface area contributed by atoms with Crippen molar-refractivity contribution >= 4 is 23.4 Å². The van der Waals surface area contributed by atoms with Gasteiger partial charge in [0.2, 0.25) is 0 Å². The average molecular weight is 291 g/mol. The van der Waals surface area contributed by atoms with Gasteiger partial charge in [-0.1, -0.05) is 5.57 Å². The molecule has 0 aliphatic carbocycles. The van der Waals surface area contributed by atoms with Crippen LogP contribution < -0.4 is 0 Å². The lowest BCUT2D eigenvalue weighted by atomic mass is 9.94. The van der Waals surface area contributed by atoms with Crippen LogP contribution in [0.5, 0.6) is 0 Å². The number of nitrogens with zero attached hydrogens (tertiary/aromatic N) is 1. The molecule has 0 aromatic carbocycles. The SMILES string of the molecule is CC(C)=C(CCc1ncc(C)s1)C(=O)/C(C)=C(/C)C=O. The maximum Gasteiger partial charge on any atom is 0.185 e. The number of rotatable bonds is 6. The molecule has 1 aromatic heterocycles. The number of allylic oxidation sites excluding steroid dienone is 4. The Balaban J connectivity index is 2.89. The number of aromatic nitrogens is 1. The first kappa shape index (κ1) is 16.5. The first-order chi connectivity index (χ1) is 9.36. The molecule has 0 aliphatic rings. The molecule has 0 radical (unpaired) electrons. The second-order valence-electron chi connectivity index (χ2n) is 5.10. The Labute approximate surface area is 124 Å². The monoisotopic (exact) mass is 291 g/mol. The molecule has 0 aliphatic heterocycles. The van der Waals surface area contributed by atoms with Gasteiger partial charge in [0.05, 0.1) is 5.01 Å². The van der Waals surface area contributed by atoms with Crippen molar-refractivity contribution in [3.05, 3.63) is 38.4 Å². The number of Topliss-reactive ketones (excluding diaryl/α,β-unsaturated/α-hetero) is 1. The van der Waals surface area contributed by atoms with Crippen LogP contribution in [0.25, 0.3) is 0 Å². The molecule has 20 heavy (non-hydrogen) atoms. The Hall–Kier alpha value is -1.55. The zero-order valence-electron chi connectivity index (χ0n) is 12.7. The predicted molar refractivity (Wildman–Crippen MR) is 83.0 cm³/mol. The van der Waals surface area contributed by atoms with Crippen molar-refractivity contribution in [2.75, 3.05) is 0 Å². The summed E-state index contributed by atoms with van der Waals surface area (Å²) in [7, 11) is 0. The van der Waals surface area contributed by atoms with Crippen LogP contribution >= 0.6 is 11.3 Å². The summed E-state index contributed by atoms with van der Waals surface area (Å²) in [5.41, 5.74) is 2.82. The minimum Gasteiger partial charge on any atom is -0.298 e. The summed E-state index contributed by atoms with van der Waals surface area (Å²) in [5.74, 6) is -0.0251. The Kier molecular flexibility index (Phi) is 6.02. The summed E-state index contributed by atoms with van der Waals surface area (Å²) in [6.45, 7) is 9.28. The Morgan fingerprint density at radius 2 is 1.95 bits per heavy atom. The second-order valence-corrected chi connectivity index (χ2v) is 6.42. The molecule has 0 saturated heterocycles. The van der Waals surface area contributed by atoms with E-state index in [1.807, 2.05) is 27.0 Å². The zero-order chi connectivity index (χ0) is 15.3. The van der Waals surface area contributed by atoms with E-state index in [9.17, 15) is 9.59 Å². The van der Waals surface area contributed by atoms with E-state index in [0.29, 0.717) is 17.6 Å². The fourth-order valence-electron chi connectivity index (χ4n) is 1.83. The number of hydrogen-bond donors (Lipinski definition) is 0. The number of aryl methyl sites for hydroxylation is 2. The largest absolute Gasteiger partial charge is 0.298 e. The van der Waals surface area contributed by atoms with Crippen molar-refractivity contribution in [1.29, 1.82) is 0 Å². The smallest absolute Gasteiger partial charge is 0.185 e. The summed E-state index contributed by atoms with van der Waals surface area (Å²) >= 11 is 1.66. The number of ketones is 1. The van der Waals surface area contributed by atoms with E-state index in [1.54, 1.807) is 25.2 Å². The summed E-state index contributed by atoms with van der Waals surface area (Å²) in [5, 5.41) is 1.04. The molecule has 0 amide bonds. The molecule has 0 unspecified atom stereocenters. The van der Waals surface area contributed by atoms with Crippen molar-refractivity contribution in [2.24, 2.45) is 0 Å². The van der Waals surface area contributed by atoms with Crippen molar-refractivity contribution < 1.29 is 9.59 Å². The fraction of sp³-hybridized carbons (Fsp3) is 0.438. The maximum atomic E-state index is 12.4. The molecule has 0 bridgehead atoms. The Morgan fingerprint density at radius 3 is 2.40 bits per heavy atom. The molecule has 0 spiro atoms. The van der Waals surface area contributed by atoms with Crippen LogP contribution in [0, 0.1) is 6.92 Å². The van der Waals surface area contributed by atoms with Crippen molar-refractivity contribution in [2.45, 2.75) is 47.5 Å². The van der Waals surface area contributed by atoms with E-state index in [2.05, 4.69) is 4.98 Å². The lowest BCUT2D eigenvalue weighted by Crippen LogP contribution is -2.09. The first-order valence-corrected chi connectivity index (χ1v) is 7.43. The predicted octanol–water partition coefficient (Wildman–Crippen LogP) is 3.82. The molecule has 0 saturated carbocycles. The van der Waals surface area contributed by atoms with Crippen LogP contribution in [0.3, 0.4) is 0 Å². The van der Waals surface area contributed by atoms with Gasteiger partial charge in [-0.2, -0.15) is 0 Å². The van der Waals surface area contributed by atoms with Crippen LogP contribution in [0.15, 0.2) is 28.5 Å². The van der Waals surface area contributed by atoms with E-state index in [-0.39, 0.29) is 5.78 Å². The molecule has 1 aromatic rings. The minimum absolute atomic E-state index is 0.0251. The zero-order valence-corrected chi connectivity index (χ0v) is 13.6. The van der Waals surface area contributed by atoms with E-state index in [1.165, 1.54) is 4.88 Å². The van der Waals surface area contributed by atoms with Crippen LogP contribution in [0.2, 0.25) is 0 Å². The third-order valence-electron chi connectivity index (χ3n) is 3.24. The normalized spacial score (nSPS) is 11.8. The average Bonchev–Trinajstić information content (AvgIpc) is 2.82. The third kappa shape index (κ3) is 4.23. The van der Waals surface area contributed by atoms with Gasteiger partial charge in [0, 0.05) is 23.1 Å². The number of thiazole rings is 1. The van der Waals surface area contributed by atoms with Gasteiger partial charge in [-0.25, -0.2) is 4.98 Å². The van der Waals surface area contributed by atoms with Crippen molar-refractivity contribution in [1.82, 2.24) is 4.98 Å². The molecular formula is C16H21NO2S. The number of carbonyl (C=O) groups excluding carboxylic acids is 2. The molecule has 0 N–H and O–H groups in total. The number of aldehydes is 1. The van der Waals surface area contributed by atoms with Gasteiger partial charge >= 0.3 is 0 Å². The van der Waals surface area contributed by atoms with Gasteiger partial charge in [-0.3, -0.25) is 9.59 Å². The van der Waals surface area contributed by atoms with Gasteiger partial charge in [-0.05, 0) is 52.2 Å². The van der Waals surface area contributed by atoms with E-state index >= 15 is 0 Å². The molecule has 108 valence electrons. The molecule has 3 nitrogen and oxygen atoms in total. The van der Waals surface area contributed by atoms with Crippen molar-refractivity contribution in [3.63, 3.8) is 0 Å². The van der Waals surface area contributed by atoms with E-state index in [4.69, 9.17) is 0 Å². The minimum atomic E-state index is -0.0251. The quantitative estimate of drug-likeness (QED) is 0.591. The van der Waals surface area contributed by atoms with Gasteiger partial charge in [0.1, 0.15) is 6.29 Å². The molecule has 4 heteroatoms. The van der Waals surface area contributed by atoms with Gasteiger partial charge in [0.25, 0.3) is 0 Å². The maximum absolute atomic E-state index is 12.4.